The molecule has 0 atom stereocenters. The topological polar surface area (TPSA) is 58.1 Å². The van der Waals surface area contributed by atoms with Gasteiger partial charge in [0.15, 0.2) is 5.96 Å². The molecular formula is C23H33IN4O2. The number of rotatable bonds is 9. The van der Waals surface area contributed by atoms with Gasteiger partial charge in [0.05, 0.1) is 19.8 Å². The zero-order valence-electron chi connectivity index (χ0n) is 17.7. The van der Waals surface area contributed by atoms with E-state index in [1.54, 1.807) is 0 Å². The monoisotopic (exact) mass is 524 g/mol. The summed E-state index contributed by atoms with van der Waals surface area (Å²) < 4.78 is 11.5. The molecule has 1 aliphatic heterocycles. The molecule has 2 aromatic rings. The summed E-state index contributed by atoms with van der Waals surface area (Å²) in [7, 11) is 0. The number of morpholine rings is 1. The van der Waals surface area contributed by atoms with Gasteiger partial charge in [-0.15, -0.1) is 24.0 Å². The van der Waals surface area contributed by atoms with Crippen LogP contribution in [0.3, 0.4) is 0 Å². The Kier molecular flexibility index (Phi) is 11.6. The molecule has 1 aliphatic rings. The number of ether oxygens (including phenoxy) is 2. The van der Waals surface area contributed by atoms with Crippen LogP contribution in [0.5, 0.6) is 5.75 Å². The molecule has 0 unspecified atom stereocenters. The Morgan fingerprint density at radius 2 is 1.77 bits per heavy atom. The van der Waals surface area contributed by atoms with Crippen molar-refractivity contribution in [2.24, 2.45) is 4.99 Å². The first-order valence-corrected chi connectivity index (χ1v) is 10.4. The molecule has 2 aromatic carbocycles. The molecule has 3 rings (SSSR count). The molecule has 0 bridgehead atoms. The van der Waals surface area contributed by atoms with Gasteiger partial charge in [0.1, 0.15) is 12.4 Å². The maximum absolute atomic E-state index is 6.08. The van der Waals surface area contributed by atoms with Crippen molar-refractivity contribution in [1.29, 1.82) is 0 Å². The largest absolute Gasteiger partial charge is 0.492 e. The molecule has 0 radical (unpaired) electrons. The minimum absolute atomic E-state index is 0. The molecule has 1 saturated heterocycles. The van der Waals surface area contributed by atoms with E-state index in [9.17, 15) is 0 Å². The van der Waals surface area contributed by atoms with Crippen LogP contribution in [0.2, 0.25) is 0 Å². The number of guanidine groups is 1. The molecule has 2 N–H and O–H groups in total. The highest BCUT2D eigenvalue weighted by Gasteiger charge is 2.10. The van der Waals surface area contributed by atoms with E-state index in [2.05, 4.69) is 45.6 Å². The Hall–Kier alpha value is -1.84. The predicted molar refractivity (Wildman–Crippen MR) is 133 cm³/mol. The van der Waals surface area contributed by atoms with Gasteiger partial charge in [-0.3, -0.25) is 4.90 Å². The average Bonchev–Trinajstić information content (AvgIpc) is 2.78. The number of hydrogen-bond acceptors (Lipinski definition) is 4. The molecule has 1 fully saturated rings. The first-order chi connectivity index (χ1) is 14.3. The molecule has 0 aromatic heterocycles. The van der Waals surface area contributed by atoms with Gasteiger partial charge in [0.25, 0.3) is 0 Å². The molecule has 1 heterocycles. The van der Waals surface area contributed by atoms with Gasteiger partial charge in [-0.2, -0.15) is 0 Å². The molecule has 164 valence electrons. The van der Waals surface area contributed by atoms with Gasteiger partial charge < -0.3 is 20.1 Å². The van der Waals surface area contributed by atoms with Crippen molar-refractivity contribution in [3.8, 4) is 5.75 Å². The third-order valence-corrected chi connectivity index (χ3v) is 4.79. The van der Waals surface area contributed by atoms with E-state index in [0.29, 0.717) is 19.7 Å². The molecule has 0 amide bonds. The van der Waals surface area contributed by atoms with E-state index in [-0.39, 0.29) is 24.0 Å². The van der Waals surface area contributed by atoms with Gasteiger partial charge >= 0.3 is 0 Å². The van der Waals surface area contributed by atoms with Crippen LogP contribution in [-0.2, 0) is 17.8 Å². The Bertz CT molecular complexity index is 752. The predicted octanol–water partition coefficient (Wildman–Crippen LogP) is 3.27. The second kappa shape index (κ2) is 14.2. The van der Waals surface area contributed by atoms with Crippen LogP contribution >= 0.6 is 24.0 Å². The van der Waals surface area contributed by atoms with Crippen LogP contribution < -0.4 is 15.4 Å². The number of halogens is 1. The first kappa shape index (κ1) is 24.4. The standard InChI is InChI=1S/C23H32N4O2.HI/c1-2-24-23(25-18-20-8-4-3-5-9-20)26-19-21-10-6-7-11-22(21)29-17-14-27-12-15-28-16-13-27;/h3-11H,2,12-19H2,1H3,(H2,24,25,26);1H. The van der Waals surface area contributed by atoms with Crippen LogP contribution in [0.25, 0.3) is 0 Å². The number of nitrogens with zero attached hydrogens (tertiary/aromatic N) is 2. The highest BCUT2D eigenvalue weighted by molar-refractivity contribution is 14.0. The fourth-order valence-corrected chi connectivity index (χ4v) is 3.17. The molecule has 6 nitrogen and oxygen atoms in total. The fourth-order valence-electron chi connectivity index (χ4n) is 3.17. The molecule has 0 spiro atoms. The number of hydrogen-bond donors (Lipinski definition) is 2. The number of para-hydroxylation sites is 1. The summed E-state index contributed by atoms with van der Waals surface area (Å²) in [5.74, 6) is 1.73. The smallest absolute Gasteiger partial charge is 0.191 e. The van der Waals surface area contributed by atoms with Gasteiger partial charge in [-0.1, -0.05) is 48.5 Å². The lowest BCUT2D eigenvalue weighted by atomic mass is 10.2. The van der Waals surface area contributed by atoms with Crippen molar-refractivity contribution in [1.82, 2.24) is 15.5 Å². The summed E-state index contributed by atoms with van der Waals surface area (Å²) in [6.07, 6.45) is 0. The SMILES string of the molecule is CCNC(=NCc1ccccc1)NCc1ccccc1OCCN1CCOCC1.I. The van der Waals surface area contributed by atoms with E-state index in [0.717, 1.165) is 56.7 Å². The van der Waals surface area contributed by atoms with E-state index < -0.39 is 0 Å². The van der Waals surface area contributed by atoms with Gasteiger partial charge in [0, 0.05) is 38.3 Å². The number of nitrogens with one attached hydrogen (secondary N) is 2. The summed E-state index contributed by atoms with van der Waals surface area (Å²) in [5, 5.41) is 6.73. The van der Waals surface area contributed by atoms with Gasteiger partial charge in [0.2, 0.25) is 0 Å². The second-order valence-electron chi connectivity index (χ2n) is 6.94. The lowest BCUT2D eigenvalue weighted by molar-refractivity contribution is 0.0322. The molecule has 0 aliphatic carbocycles. The average molecular weight is 524 g/mol. The summed E-state index contributed by atoms with van der Waals surface area (Å²) in [5.41, 5.74) is 2.32. The third kappa shape index (κ3) is 8.49. The summed E-state index contributed by atoms with van der Waals surface area (Å²) in [6, 6.07) is 18.5. The maximum atomic E-state index is 6.08. The lowest BCUT2D eigenvalue weighted by Crippen LogP contribution is -2.38. The van der Waals surface area contributed by atoms with Crippen molar-refractivity contribution in [3.63, 3.8) is 0 Å². The zero-order valence-corrected chi connectivity index (χ0v) is 20.0. The summed E-state index contributed by atoms with van der Waals surface area (Å²) in [6.45, 7) is 9.40. The lowest BCUT2D eigenvalue weighted by Gasteiger charge is -2.26. The van der Waals surface area contributed by atoms with Gasteiger partial charge in [-0.25, -0.2) is 4.99 Å². The van der Waals surface area contributed by atoms with Crippen LogP contribution in [-0.4, -0.2) is 56.9 Å². The fraction of sp³-hybridized carbons (Fsp3) is 0.435. The first-order valence-electron chi connectivity index (χ1n) is 10.4. The minimum Gasteiger partial charge on any atom is -0.492 e. The van der Waals surface area contributed by atoms with E-state index in [4.69, 9.17) is 9.47 Å². The third-order valence-electron chi connectivity index (χ3n) is 4.79. The Morgan fingerprint density at radius 1 is 1.03 bits per heavy atom. The van der Waals surface area contributed by atoms with E-state index in [1.165, 1.54) is 5.56 Å². The highest BCUT2D eigenvalue weighted by atomic mass is 127. The number of aliphatic imine (C=N–C) groups is 1. The Labute approximate surface area is 197 Å². The molecule has 0 saturated carbocycles. The van der Waals surface area contributed by atoms with Gasteiger partial charge in [-0.05, 0) is 18.6 Å². The van der Waals surface area contributed by atoms with Crippen molar-refractivity contribution in [3.05, 3.63) is 65.7 Å². The van der Waals surface area contributed by atoms with Crippen LogP contribution in [0.4, 0.5) is 0 Å². The molecule has 30 heavy (non-hydrogen) atoms. The molecule has 7 heteroatoms. The quantitative estimate of drug-likeness (QED) is 0.300. The zero-order chi connectivity index (χ0) is 20.2. The van der Waals surface area contributed by atoms with Crippen LogP contribution in [0.1, 0.15) is 18.1 Å². The minimum atomic E-state index is 0. The highest BCUT2D eigenvalue weighted by Crippen LogP contribution is 2.17. The number of benzene rings is 2. The van der Waals surface area contributed by atoms with E-state index in [1.807, 2.05) is 36.4 Å². The van der Waals surface area contributed by atoms with Crippen LogP contribution in [0.15, 0.2) is 59.6 Å². The van der Waals surface area contributed by atoms with E-state index >= 15 is 0 Å². The summed E-state index contributed by atoms with van der Waals surface area (Å²) in [4.78, 5) is 7.07. The maximum Gasteiger partial charge on any atom is 0.191 e. The van der Waals surface area contributed by atoms with Crippen molar-refractivity contribution in [2.45, 2.75) is 20.0 Å². The Balaban J connectivity index is 0.00000320. The Morgan fingerprint density at radius 3 is 2.53 bits per heavy atom. The van der Waals surface area contributed by atoms with Crippen molar-refractivity contribution in [2.75, 3.05) is 46.0 Å². The second-order valence-corrected chi connectivity index (χ2v) is 6.94. The molecular weight excluding hydrogens is 491 g/mol. The van der Waals surface area contributed by atoms with Crippen molar-refractivity contribution >= 4 is 29.9 Å². The van der Waals surface area contributed by atoms with Crippen LogP contribution in [0, 0.1) is 0 Å². The van der Waals surface area contributed by atoms with Crippen molar-refractivity contribution < 1.29 is 9.47 Å². The normalized spacial score (nSPS) is 14.6. The summed E-state index contributed by atoms with van der Waals surface area (Å²) >= 11 is 0.